The molecule has 0 bridgehead atoms. The molecule has 25 heavy (non-hydrogen) atoms. The third-order valence-corrected chi connectivity index (χ3v) is 7.89. The van der Waals surface area contributed by atoms with Gasteiger partial charge in [0.25, 0.3) is 0 Å². The van der Waals surface area contributed by atoms with E-state index in [0.717, 1.165) is 23.7 Å². The van der Waals surface area contributed by atoms with Crippen LogP contribution in [-0.2, 0) is 0 Å². The molecule has 0 aliphatic carbocycles. The maximum Gasteiger partial charge on any atom is 0.359 e. The van der Waals surface area contributed by atoms with Gasteiger partial charge in [0, 0.05) is 35.3 Å². The Balaban J connectivity index is 2.09. The summed E-state index contributed by atoms with van der Waals surface area (Å²) in [5.74, 6) is 0.946. The summed E-state index contributed by atoms with van der Waals surface area (Å²) in [7, 11) is 2.10. The van der Waals surface area contributed by atoms with E-state index in [1.807, 2.05) is 22.9 Å². The van der Waals surface area contributed by atoms with Crippen LogP contribution in [0.5, 0.6) is 0 Å². The van der Waals surface area contributed by atoms with Gasteiger partial charge in [-0.15, -0.1) is 11.8 Å². The van der Waals surface area contributed by atoms with Crippen molar-refractivity contribution < 1.29 is 4.39 Å². The highest BCUT2D eigenvalue weighted by molar-refractivity contribution is 14.1. The van der Waals surface area contributed by atoms with E-state index in [9.17, 15) is 4.79 Å². The lowest BCUT2D eigenvalue weighted by Crippen LogP contribution is -2.57. The molecule has 9 heteroatoms. The van der Waals surface area contributed by atoms with Crippen molar-refractivity contribution in [3.63, 3.8) is 0 Å². The summed E-state index contributed by atoms with van der Waals surface area (Å²) in [5, 5.41) is 1.08. The topological polar surface area (TPSA) is 41.4 Å². The molecule has 5 nitrogen and oxygen atoms in total. The van der Waals surface area contributed by atoms with Gasteiger partial charge in [0.15, 0.2) is 5.82 Å². The van der Waals surface area contributed by atoms with Crippen molar-refractivity contribution in [1.29, 1.82) is 0 Å². The number of fused-ring (bicyclic) bond motifs is 2. The predicted molar refractivity (Wildman–Crippen MR) is 109 cm³/mol. The molecular formula is C16H17ClFIN4OS. The van der Waals surface area contributed by atoms with Crippen LogP contribution in [0.1, 0.15) is 12.5 Å². The fraction of sp³-hybridized carbons (Fsp3) is 0.500. The zero-order valence-corrected chi connectivity index (χ0v) is 17.7. The molecule has 4 rings (SSSR count). The lowest BCUT2D eigenvalue weighted by molar-refractivity contribution is 0.207. The van der Waals surface area contributed by atoms with Gasteiger partial charge in [-0.3, -0.25) is 4.90 Å². The second-order valence-electron chi connectivity index (χ2n) is 6.71. The number of nitrogens with zero attached hydrogens (tertiary/aromatic N) is 4. The smallest absolute Gasteiger partial charge is 0.349 e. The highest BCUT2D eigenvalue weighted by atomic mass is 127. The standard InChI is InChI=1S/C16H17ClFIN4OS/c1-7-4-22-9(5-21(7)3)6-25-14-10-13(12(18)8(2)11(14)17)23(19)16(24)20-15(10)22/h7,9H,4-6H2,1-3H3. The summed E-state index contributed by atoms with van der Waals surface area (Å²) >= 11 is 9.95. The fourth-order valence-corrected chi connectivity index (χ4v) is 5.72. The SMILES string of the molecule is Cc1c(Cl)c2c3c(nc(=O)n(I)c3c1F)N1CC(C)N(C)CC1CS2. The van der Waals surface area contributed by atoms with Crippen LogP contribution in [0.4, 0.5) is 10.2 Å². The number of thioether (sulfide) groups is 1. The van der Waals surface area contributed by atoms with Gasteiger partial charge < -0.3 is 4.90 Å². The average molecular weight is 495 g/mol. The Bertz CT molecular complexity index is 952. The molecule has 0 amide bonds. The van der Waals surface area contributed by atoms with Gasteiger partial charge in [0.2, 0.25) is 0 Å². The zero-order chi connectivity index (χ0) is 18.0. The third-order valence-electron chi connectivity index (χ3n) is 5.16. The first-order valence-corrected chi connectivity index (χ1v) is 10.3. The van der Waals surface area contributed by atoms with Crippen molar-refractivity contribution in [2.45, 2.75) is 30.8 Å². The molecule has 1 saturated heterocycles. The van der Waals surface area contributed by atoms with E-state index in [1.54, 1.807) is 18.7 Å². The van der Waals surface area contributed by atoms with Gasteiger partial charge in [0.1, 0.15) is 11.3 Å². The molecule has 2 unspecified atom stereocenters. The van der Waals surface area contributed by atoms with Gasteiger partial charge in [-0.1, -0.05) is 11.6 Å². The van der Waals surface area contributed by atoms with E-state index < -0.39 is 11.5 Å². The highest BCUT2D eigenvalue weighted by Crippen LogP contribution is 2.45. The van der Waals surface area contributed by atoms with Crippen molar-refractivity contribution in [2.24, 2.45) is 0 Å². The lowest BCUT2D eigenvalue weighted by Gasteiger charge is -2.43. The quantitative estimate of drug-likeness (QED) is 0.526. The molecule has 2 aliphatic rings. The fourth-order valence-electron chi connectivity index (χ4n) is 3.56. The molecule has 1 fully saturated rings. The Morgan fingerprint density at radius 3 is 2.84 bits per heavy atom. The summed E-state index contributed by atoms with van der Waals surface area (Å²) in [5.41, 5.74) is 0.211. The first kappa shape index (κ1) is 17.8. The Morgan fingerprint density at radius 2 is 2.12 bits per heavy atom. The molecule has 3 heterocycles. The Kier molecular flexibility index (Phi) is 4.45. The van der Waals surface area contributed by atoms with E-state index in [2.05, 4.69) is 28.8 Å². The molecule has 2 atom stereocenters. The molecule has 1 aromatic heterocycles. The minimum absolute atomic E-state index is 0.207. The molecule has 0 spiro atoms. The van der Waals surface area contributed by atoms with Crippen LogP contribution in [0.25, 0.3) is 10.9 Å². The summed E-state index contributed by atoms with van der Waals surface area (Å²) in [6.45, 7) is 5.43. The van der Waals surface area contributed by atoms with Crippen LogP contribution in [0.15, 0.2) is 9.69 Å². The molecule has 1 aromatic carbocycles. The molecule has 0 radical (unpaired) electrons. The Hall–Kier alpha value is -0.580. The summed E-state index contributed by atoms with van der Waals surface area (Å²) in [4.78, 5) is 22.0. The first-order chi connectivity index (χ1) is 11.8. The van der Waals surface area contributed by atoms with Gasteiger partial charge in [-0.05, 0) is 20.9 Å². The maximum atomic E-state index is 15.0. The van der Waals surface area contributed by atoms with Crippen LogP contribution in [0.3, 0.4) is 0 Å². The van der Waals surface area contributed by atoms with E-state index in [0.29, 0.717) is 27.8 Å². The largest absolute Gasteiger partial charge is 0.359 e. The van der Waals surface area contributed by atoms with Gasteiger partial charge >= 0.3 is 5.69 Å². The van der Waals surface area contributed by atoms with Crippen LogP contribution in [-0.4, -0.2) is 50.6 Å². The first-order valence-electron chi connectivity index (χ1n) is 8.01. The number of benzene rings is 1. The number of aromatic nitrogens is 2. The molecule has 2 aromatic rings. The van der Waals surface area contributed by atoms with Gasteiger partial charge in [-0.25, -0.2) is 12.0 Å². The predicted octanol–water partition coefficient (Wildman–Crippen LogP) is 3.31. The van der Waals surface area contributed by atoms with Gasteiger partial charge in [0.05, 0.1) is 39.3 Å². The number of hydrogen-bond acceptors (Lipinski definition) is 5. The van der Waals surface area contributed by atoms with E-state index in [4.69, 9.17) is 11.6 Å². The van der Waals surface area contributed by atoms with E-state index in [1.165, 1.54) is 2.78 Å². The van der Waals surface area contributed by atoms with Crippen molar-refractivity contribution in [2.75, 3.05) is 30.8 Å². The number of rotatable bonds is 0. The van der Waals surface area contributed by atoms with Crippen LogP contribution in [0.2, 0.25) is 5.02 Å². The number of halogens is 3. The van der Waals surface area contributed by atoms with Crippen LogP contribution in [0, 0.1) is 12.7 Å². The van der Waals surface area contributed by atoms with Crippen molar-refractivity contribution in [3.8, 4) is 0 Å². The Labute approximate surface area is 168 Å². The number of likely N-dealkylation sites (N-methyl/N-ethyl adjacent to an activating group) is 1. The van der Waals surface area contributed by atoms with Crippen LogP contribution >= 0.6 is 46.2 Å². The van der Waals surface area contributed by atoms with Gasteiger partial charge in [-0.2, -0.15) is 4.98 Å². The highest BCUT2D eigenvalue weighted by Gasteiger charge is 2.36. The van der Waals surface area contributed by atoms with E-state index in [-0.39, 0.29) is 11.6 Å². The lowest BCUT2D eigenvalue weighted by atomic mass is 10.1. The van der Waals surface area contributed by atoms with Crippen molar-refractivity contribution >= 4 is 62.9 Å². The Morgan fingerprint density at radius 1 is 1.40 bits per heavy atom. The molecule has 0 N–H and O–H groups in total. The van der Waals surface area contributed by atoms with Crippen molar-refractivity contribution in [3.05, 3.63) is 26.9 Å². The number of piperazine rings is 1. The summed E-state index contributed by atoms with van der Waals surface area (Å²) < 4.78 is 16.3. The number of hydrogen-bond donors (Lipinski definition) is 0. The van der Waals surface area contributed by atoms with Crippen LogP contribution < -0.4 is 10.6 Å². The third kappa shape index (κ3) is 2.59. The summed E-state index contributed by atoms with van der Waals surface area (Å²) in [6.07, 6.45) is 0. The zero-order valence-electron chi connectivity index (χ0n) is 14.0. The molecule has 0 saturated carbocycles. The molecular weight excluding hydrogens is 478 g/mol. The van der Waals surface area contributed by atoms with Crippen molar-refractivity contribution in [1.82, 2.24) is 12.7 Å². The second-order valence-corrected chi connectivity index (χ2v) is 9.08. The number of anilines is 1. The second kappa shape index (κ2) is 6.24. The molecule has 2 aliphatic heterocycles. The monoisotopic (exact) mass is 494 g/mol. The minimum atomic E-state index is -0.452. The average Bonchev–Trinajstić information content (AvgIpc) is 2.71. The molecule has 134 valence electrons. The van der Waals surface area contributed by atoms with E-state index >= 15 is 4.39 Å². The minimum Gasteiger partial charge on any atom is -0.349 e. The normalized spacial score (nSPS) is 23.7. The maximum absolute atomic E-state index is 15.0. The summed E-state index contributed by atoms with van der Waals surface area (Å²) in [6, 6.07) is 0.533.